The molecular weight excluding hydrogens is 489 g/mol. The van der Waals surface area contributed by atoms with Gasteiger partial charge in [-0.15, -0.1) is 0 Å². The molecule has 182 valence electrons. The molecule has 1 aromatic heterocycles. The van der Waals surface area contributed by atoms with Gasteiger partial charge in [-0.25, -0.2) is 4.79 Å². The number of carboxylic acids is 1. The molecule has 7 nitrogen and oxygen atoms in total. The van der Waals surface area contributed by atoms with Gasteiger partial charge >= 0.3 is 5.97 Å². The quantitative estimate of drug-likeness (QED) is 0.585. The van der Waals surface area contributed by atoms with Crippen LogP contribution in [0.15, 0.2) is 42.4 Å². The lowest BCUT2D eigenvalue weighted by Crippen LogP contribution is -2.51. The normalized spacial score (nSPS) is 19.1. The van der Waals surface area contributed by atoms with Crippen LogP contribution in [0.2, 0.25) is 10.0 Å². The number of benzene rings is 1. The summed E-state index contributed by atoms with van der Waals surface area (Å²) in [4.78, 5) is 43.1. The standard InChI is InChI=1S/C26H25Cl2N3O4/c27-17-13-29-14-18(28)23(17)24(33)31-9-6-16-10-15(4-5-20(16)31)11-19(25(34)35)30-21-12-22(32)26(21)7-2-1-3-8-26/h4-5,10,12-14,19,30H,1-3,6-9,11H2,(H,34,35). The summed E-state index contributed by atoms with van der Waals surface area (Å²) in [6.07, 6.45) is 9.89. The molecule has 35 heavy (non-hydrogen) atoms. The van der Waals surface area contributed by atoms with Crippen LogP contribution in [0.5, 0.6) is 0 Å². The summed E-state index contributed by atoms with van der Waals surface area (Å²) in [6.45, 7) is 0.477. The highest BCUT2D eigenvalue weighted by Gasteiger charge is 2.49. The van der Waals surface area contributed by atoms with Gasteiger partial charge in [0.2, 0.25) is 0 Å². The molecule has 3 aliphatic rings. The highest BCUT2D eigenvalue weighted by molar-refractivity contribution is 6.40. The van der Waals surface area contributed by atoms with Crippen LogP contribution in [0.1, 0.15) is 53.6 Å². The molecule has 1 saturated carbocycles. The molecular formula is C26H25Cl2N3O4. The number of hydrogen-bond acceptors (Lipinski definition) is 5. The summed E-state index contributed by atoms with van der Waals surface area (Å²) in [5, 5.41) is 13.4. The third kappa shape index (κ3) is 4.21. The summed E-state index contributed by atoms with van der Waals surface area (Å²) in [7, 11) is 0. The first-order valence-electron chi connectivity index (χ1n) is 11.8. The van der Waals surface area contributed by atoms with E-state index in [9.17, 15) is 19.5 Å². The smallest absolute Gasteiger partial charge is 0.326 e. The predicted molar refractivity (Wildman–Crippen MR) is 133 cm³/mol. The second kappa shape index (κ2) is 9.28. The molecule has 0 saturated heterocycles. The van der Waals surface area contributed by atoms with Gasteiger partial charge in [0.25, 0.3) is 5.91 Å². The fourth-order valence-electron chi connectivity index (χ4n) is 5.48. The monoisotopic (exact) mass is 513 g/mol. The van der Waals surface area contributed by atoms with Crippen molar-refractivity contribution < 1.29 is 19.5 Å². The average Bonchev–Trinajstić information content (AvgIpc) is 3.26. The van der Waals surface area contributed by atoms with Gasteiger partial charge in [-0.05, 0) is 36.5 Å². The zero-order valence-corrected chi connectivity index (χ0v) is 20.5. The molecule has 1 amide bonds. The Morgan fingerprint density at radius 2 is 1.86 bits per heavy atom. The Hall–Kier alpha value is -2.90. The van der Waals surface area contributed by atoms with E-state index in [1.165, 1.54) is 12.4 Å². The molecule has 0 radical (unpaired) electrons. The van der Waals surface area contributed by atoms with Gasteiger partial charge in [-0.1, -0.05) is 54.6 Å². The number of nitrogens with one attached hydrogen (secondary N) is 1. The van der Waals surface area contributed by atoms with Gasteiger partial charge in [0, 0.05) is 42.8 Å². The van der Waals surface area contributed by atoms with Crippen LogP contribution in [0.3, 0.4) is 0 Å². The molecule has 2 heterocycles. The first kappa shape index (κ1) is 23.8. The van der Waals surface area contributed by atoms with Crippen LogP contribution in [0.25, 0.3) is 0 Å². The molecule has 1 fully saturated rings. The topological polar surface area (TPSA) is 99.6 Å². The molecule has 2 aliphatic carbocycles. The molecule has 5 rings (SSSR count). The molecule has 9 heteroatoms. The second-order valence-corrected chi connectivity index (χ2v) is 10.3. The minimum absolute atomic E-state index is 0.112. The number of anilines is 1. The molecule has 1 unspecified atom stereocenters. The van der Waals surface area contributed by atoms with Crippen molar-refractivity contribution in [3.8, 4) is 0 Å². The van der Waals surface area contributed by atoms with E-state index in [4.69, 9.17) is 23.2 Å². The van der Waals surface area contributed by atoms with Gasteiger partial charge in [-0.2, -0.15) is 0 Å². The Morgan fingerprint density at radius 1 is 1.14 bits per heavy atom. The number of amides is 1. The van der Waals surface area contributed by atoms with Crippen LogP contribution in [-0.4, -0.2) is 40.3 Å². The summed E-state index contributed by atoms with van der Waals surface area (Å²) in [5.41, 5.74) is 3.04. The van der Waals surface area contributed by atoms with Crippen molar-refractivity contribution in [2.75, 3.05) is 11.4 Å². The second-order valence-electron chi connectivity index (χ2n) is 9.45. The summed E-state index contributed by atoms with van der Waals surface area (Å²) in [5.74, 6) is -1.14. The van der Waals surface area contributed by atoms with E-state index in [1.54, 1.807) is 11.0 Å². The Balaban J connectivity index is 1.33. The fourth-order valence-corrected chi connectivity index (χ4v) is 6.01. The van der Waals surface area contributed by atoms with Gasteiger partial charge in [0.1, 0.15) is 6.04 Å². The number of carbonyl (C=O) groups excluding carboxylic acids is 2. The number of hydrogen-bond donors (Lipinski definition) is 2. The van der Waals surface area contributed by atoms with Gasteiger partial charge in [-0.3, -0.25) is 14.6 Å². The van der Waals surface area contributed by atoms with E-state index in [1.807, 2.05) is 18.2 Å². The van der Waals surface area contributed by atoms with Crippen molar-refractivity contribution in [2.24, 2.45) is 5.41 Å². The van der Waals surface area contributed by atoms with Crippen molar-refractivity contribution in [3.63, 3.8) is 0 Å². The lowest BCUT2D eigenvalue weighted by Gasteiger charge is -2.44. The van der Waals surface area contributed by atoms with E-state index in [0.29, 0.717) is 13.0 Å². The number of rotatable bonds is 6. The van der Waals surface area contributed by atoms with Gasteiger partial charge in [0.05, 0.1) is 21.0 Å². The van der Waals surface area contributed by atoms with Crippen molar-refractivity contribution in [3.05, 3.63) is 69.1 Å². The van der Waals surface area contributed by atoms with E-state index in [-0.39, 0.29) is 33.7 Å². The first-order chi connectivity index (χ1) is 16.8. The maximum absolute atomic E-state index is 13.1. The highest BCUT2D eigenvalue weighted by atomic mass is 35.5. The molecule has 1 aliphatic heterocycles. The zero-order valence-electron chi connectivity index (χ0n) is 19.0. The molecule has 2 aromatic rings. The molecule has 1 atom stereocenters. The third-order valence-electron chi connectivity index (χ3n) is 7.39. The third-order valence-corrected chi connectivity index (χ3v) is 7.96. The van der Waals surface area contributed by atoms with E-state index in [0.717, 1.165) is 54.6 Å². The van der Waals surface area contributed by atoms with Crippen molar-refractivity contribution in [1.82, 2.24) is 10.3 Å². The number of aliphatic carboxylic acids is 1. The van der Waals surface area contributed by atoms with Crippen molar-refractivity contribution in [1.29, 1.82) is 0 Å². The number of nitrogens with zero attached hydrogens (tertiary/aromatic N) is 2. The number of pyridine rings is 1. The zero-order chi connectivity index (χ0) is 24.7. The molecule has 2 N–H and O–H groups in total. The molecule has 0 bridgehead atoms. The maximum Gasteiger partial charge on any atom is 0.326 e. The van der Waals surface area contributed by atoms with E-state index >= 15 is 0 Å². The van der Waals surface area contributed by atoms with E-state index in [2.05, 4.69) is 10.3 Å². The number of fused-ring (bicyclic) bond motifs is 1. The summed E-state index contributed by atoms with van der Waals surface area (Å²) in [6, 6.07) is 4.78. The van der Waals surface area contributed by atoms with Crippen LogP contribution < -0.4 is 10.2 Å². The predicted octanol–water partition coefficient (Wildman–Crippen LogP) is 4.59. The van der Waals surface area contributed by atoms with Crippen molar-refractivity contribution in [2.45, 2.75) is 51.0 Å². The number of aromatic nitrogens is 1. The number of allylic oxidation sites excluding steroid dienone is 2. The average molecular weight is 514 g/mol. The molecule has 1 aromatic carbocycles. The fraction of sp³-hybridized carbons (Fsp3) is 0.385. The minimum Gasteiger partial charge on any atom is -0.480 e. The lowest BCUT2D eigenvalue weighted by molar-refractivity contribution is -0.140. The van der Waals surface area contributed by atoms with E-state index < -0.39 is 17.4 Å². The Morgan fingerprint density at radius 3 is 2.51 bits per heavy atom. The van der Waals surface area contributed by atoms with Crippen LogP contribution >= 0.6 is 23.2 Å². The minimum atomic E-state index is -0.963. The lowest BCUT2D eigenvalue weighted by atomic mass is 9.62. The SMILES string of the molecule is O=C(O)C(Cc1ccc2c(c1)CCN2C(=O)c1c(Cl)cncc1Cl)NC1=CC(=O)C12CCCCC2. The number of halogens is 2. The first-order valence-corrected chi connectivity index (χ1v) is 12.5. The summed E-state index contributed by atoms with van der Waals surface area (Å²) < 4.78 is 0. The highest BCUT2D eigenvalue weighted by Crippen LogP contribution is 2.48. The largest absolute Gasteiger partial charge is 0.480 e. The number of ketones is 1. The van der Waals surface area contributed by atoms with Gasteiger partial charge < -0.3 is 15.3 Å². The number of carbonyl (C=O) groups is 3. The maximum atomic E-state index is 13.1. The Bertz CT molecular complexity index is 1230. The van der Waals surface area contributed by atoms with Gasteiger partial charge in [0.15, 0.2) is 5.78 Å². The van der Waals surface area contributed by atoms with Crippen LogP contribution in [-0.2, 0) is 22.4 Å². The molecule has 1 spiro atoms. The van der Waals surface area contributed by atoms with Crippen LogP contribution in [0, 0.1) is 5.41 Å². The Labute approximate surface area is 213 Å². The van der Waals surface area contributed by atoms with Crippen molar-refractivity contribution >= 4 is 46.5 Å². The van der Waals surface area contributed by atoms with Crippen LogP contribution in [0.4, 0.5) is 5.69 Å². The summed E-state index contributed by atoms with van der Waals surface area (Å²) >= 11 is 12.4. The number of carboxylic acid groups (broad SMARTS) is 1. The Kier molecular flexibility index (Phi) is 6.32.